The molecule has 2 aliphatic rings. The second kappa shape index (κ2) is 11.2. The van der Waals surface area contributed by atoms with Gasteiger partial charge in [0.2, 0.25) is 0 Å². The van der Waals surface area contributed by atoms with Crippen LogP contribution in [-0.2, 0) is 24.1 Å². The Morgan fingerprint density at radius 1 is 1.37 bits per heavy atom. The van der Waals surface area contributed by atoms with E-state index in [9.17, 15) is 0 Å². The predicted octanol–water partition coefficient (Wildman–Crippen LogP) is 0.907. The van der Waals surface area contributed by atoms with Gasteiger partial charge in [-0.3, -0.25) is 9.89 Å². The van der Waals surface area contributed by atoms with Crippen molar-refractivity contribution in [2.45, 2.75) is 45.7 Å². The quantitative estimate of drug-likeness (QED) is 0.350. The molecule has 0 aromatic carbocycles. The van der Waals surface area contributed by atoms with E-state index in [1.165, 1.54) is 0 Å². The average molecular weight is 491 g/mol. The lowest BCUT2D eigenvalue weighted by atomic mass is 10.1. The Bertz CT molecular complexity index is 601. The van der Waals surface area contributed by atoms with Crippen molar-refractivity contribution in [3.63, 3.8) is 0 Å². The molecule has 1 fully saturated rings. The zero-order valence-electron chi connectivity index (χ0n) is 16.8. The number of hydrogen-bond donors (Lipinski definition) is 2. The summed E-state index contributed by atoms with van der Waals surface area (Å²) in [6.45, 7) is 11.0. The summed E-state index contributed by atoms with van der Waals surface area (Å²) in [7, 11) is 1.83. The van der Waals surface area contributed by atoms with Crippen molar-refractivity contribution >= 4 is 29.9 Å². The first-order chi connectivity index (χ1) is 12.7. The number of aryl methyl sites for hydroxylation is 2. The zero-order chi connectivity index (χ0) is 18.4. The highest BCUT2D eigenvalue weighted by Gasteiger charge is 2.22. The van der Waals surface area contributed by atoms with E-state index in [0.29, 0.717) is 12.0 Å². The molecule has 154 valence electrons. The number of fused-ring (bicyclic) bond motifs is 1. The van der Waals surface area contributed by atoms with Gasteiger partial charge in [0.15, 0.2) is 11.8 Å². The molecule has 0 aliphatic carbocycles. The molecule has 0 radical (unpaired) electrons. The molecule has 3 rings (SSSR count). The lowest BCUT2D eigenvalue weighted by Crippen LogP contribution is -2.49. The molecule has 1 saturated heterocycles. The minimum atomic E-state index is 0. The predicted molar refractivity (Wildman–Crippen MR) is 118 cm³/mol. The highest BCUT2D eigenvalue weighted by atomic mass is 127. The number of guanidine groups is 1. The third-order valence-corrected chi connectivity index (χ3v) is 5.07. The van der Waals surface area contributed by atoms with Crippen molar-refractivity contribution < 1.29 is 4.74 Å². The smallest absolute Gasteiger partial charge is 0.191 e. The van der Waals surface area contributed by atoms with E-state index < -0.39 is 0 Å². The first-order valence-corrected chi connectivity index (χ1v) is 9.87. The van der Waals surface area contributed by atoms with Crippen LogP contribution in [0.5, 0.6) is 0 Å². The van der Waals surface area contributed by atoms with Gasteiger partial charge in [0.05, 0.1) is 19.8 Å². The number of halogens is 1. The number of aromatic nitrogens is 3. The van der Waals surface area contributed by atoms with Crippen LogP contribution < -0.4 is 10.6 Å². The first kappa shape index (κ1) is 22.4. The summed E-state index contributed by atoms with van der Waals surface area (Å²) in [5.41, 5.74) is 0. The van der Waals surface area contributed by atoms with Gasteiger partial charge in [-0.15, -0.1) is 24.0 Å². The van der Waals surface area contributed by atoms with Crippen molar-refractivity contribution in [1.82, 2.24) is 30.3 Å². The van der Waals surface area contributed by atoms with Crippen LogP contribution in [0.25, 0.3) is 0 Å². The lowest BCUT2D eigenvalue weighted by molar-refractivity contribution is 0.0320. The number of nitrogens with zero attached hydrogens (tertiary/aromatic N) is 5. The Kier molecular flexibility index (Phi) is 9.24. The van der Waals surface area contributed by atoms with Gasteiger partial charge in [-0.25, -0.2) is 9.67 Å². The van der Waals surface area contributed by atoms with Crippen molar-refractivity contribution in [3.05, 3.63) is 11.6 Å². The minimum absolute atomic E-state index is 0. The monoisotopic (exact) mass is 491 g/mol. The van der Waals surface area contributed by atoms with Crippen molar-refractivity contribution in [2.75, 3.05) is 46.4 Å². The summed E-state index contributed by atoms with van der Waals surface area (Å²) in [6.07, 6.45) is 2.92. The molecule has 9 heteroatoms. The molecule has 2 atom stereocenters. The normalized spacial score (nSPS) is 21.9. The van der Waals surface area contributed by atoms with Gasteiger partial charge in [0, 0.05) is 52.1 Å². The number of nitrogens with one attached hydrogen (secondary N) is 2. The van der Waals surface area contributed by atoms with Gasteiger partial charge in [0.1, 0.15) is 5.82 Å². The molecule has 8 nitrogen and oxygen atoms in total. The van der Waals surface area contributed by atoms with Gasteiger partial charge in [-0.05, 0) is 12.3 Å². The largest absolute Gasteiger partial charge is 0.379 e. The minimum Gasteiger partial charge on any atom is -0.379 e. The van der Waals surface area contributed by atoms with Crippen LogP contribution in [0.4, 0.5) is 0 Å². The van der Waals surface area contributed by atoms with E-state index in [1.54, 1.807) is 0 Å². The van der Waals surface area contributed by atoms with Crippen molar-refractivity contribution in [2.24, 2.45) is 10.9 Å². The number of aliphatic imine (C=N–C) groups is 1. The summed E-state index contributed by atoms with van der Waals surface area (Å²) < 4.78 is 7.47. The molecule has 2 aliphatic heterocycles. The van der Waals surface area contributed by atoms with E-state index in [4.69, 9.17) is 4.74 Å². The van der Waals surface area contributed by atoms with E-state index in [-0.39, 0.29) is 24.0 Å². The SMILES string of the molecule is CCc1nc2n(n1)CC(NC(=NC)NCC(C)CN1CCOCC1)CC2.I. The second-order valence-electron chi connectivity index (χ2n) is 7.33. The molecule has 0 bridgehead atoms. The third kappa shape index (κ3) is 6.56. The summed E-state index contributed by atoms with van der Waals surface area (Å²) in [5.74, 6) is 3.50. The maximum atomic E-state index is 5.42. The highest BCUT2D eigenvalue weighted by molar-refractivity contribution is 14.0. The van der Waals surface area contributed by atoms with Crippen molar-refractivity contribution in [1.29, 1.82) is 0 Å². The topological polar surface area (TPSA) is 79.6 Å². The van der Waals surface area contributed by atoms with Gasteiger partial charge < -0.3 is 15.4 Å². The molecule has 3 heterocycles. The highest BCUT2D eigenvalue weighted by Crippen LogP contribution is 2.13. The summed E-state index contributed by atoms with van der Waals surface area (Å²) in [5, 5.41) is 11.6. The molecule has 0 amide bonds. The number of rotatable bonds is 6. The molecular formula is C18H34IN7O. The van der Waals surface area contributed by atoms with Crippen LogP contribution in [0, 0.1) is 5.92 Å². The molecule has 1 aromatic heterocycles. The average Bonchev–Trinajstić information content (AvgIpc) is 3.08. The van der Waals surface area contributed by atoms with Crippen LogP contribution in [0.3, 0.4) is 0 Å². The molecule has 2 N–H and O–H groups in total. The van der Waals surface area contributed by atoms with E-state index in [2.05, 4.69) is 44.5 Å². The van der Waals surface area contributed by atoms with Crippen LogP contribution in [-0.4, -0.2) is 78.1 Å². The first-order valence-electron chi connectivity index (χ1n) is 9.87. The Labute approximate surface area is 179 Å². The lowest BCUT2D eigenvalue weighted by Gasteiger charge is -2.30. The van der Waals surface area contributed by atoms with E-state index in [1.807, 2.05) is 11.7 Å². The van der Waals surface area contributed by atoms with Gasteiger partial charge in [-0.2, -0.15) is 5.10 Å². The Morgan fingerprint density at radius 2 is 2.15 bits per heavy atom. The zero-order valence-corrected chi connectivity index (χ0v) is 19.1. The number of morpholine rings is 1. The van der Waals surface area contributed by atoms with Crippen molar-refractivity contribution in [3.8, 4) is 0 Å². The molecule has 2 unspecified atom stereocenters. The fourth-order valence-corrected chi connectivity index (χ4v) is 3.58. The second-order valence-corrected chi connectivity index (χ2v) is 7.33. The van der Waals surface area contributed by atoms with Crippen LogP contribution in [0.2, 0.25) is 0 Å². The summed E-state index contributed by atoms with van der Waals surface area (Å²) in [4.78, 5) is 11.5. The van der Waals surface area contributed by atoms with Gasteiger partial charge in [0.25, 0.3) is 0 Å². The molecule has 0 saturated carbocycles. The molecule has 27 heavy (non-hydrogen) atoms. The fraction of sp³-hybridized carbons (Fsp3) is 0.833. The third-order valence-electron chi connectivity index (χ3n) is 5.07. The molecule has 0 spiro atoms. The van der Waals surface area contributed by atoms with Crippen LogP contribution >= 0.6 is 24.0 Å². The Hall–Kier alpha value is -0.940. The number of hydrogen-bond acceptors (Lipinski definition) is 5. The van der Waals surface area contributed by atoms with Crippen LogP contribution in [0.1, 0.15) is 31.9 Å². The number of ether oxygens (including phenoxy) is 1. The summed E-state index contributed by atoms with van der Waals surface area (Å²) >= 11 is 0. The van der Waals surface area contributed by atoms with E-state index >= 15 is 0 Å². The van der Waals surface area contributed by atoms with Gasteiger partial charge in [-0.1, -0.05) is 13.8 Å². The molecular weight excluding hydrogens is 457 g/mol. The standard InChI is InChI=1S/C18H33N7O.HI/c1-4-16-22-17-6-5-15(13-25(17)23-16)21-18(19-3)20-11-14(2)12-24-7-9-26-10-8-24;/h14-15H,4-13H2,1-3H3,(H2,19,20,21);1H. The summed E-state index contributed by atoms with van der Waals surface area (Å²) in [6, 6.07) is 0.342. The van der Waals surface area contributed by atoms with E-state index in [0.717, 1.165) is 82.8 Å². The maximum Gasteiger partial charge on any atom is 0.191 e. The Morgan fingerprint density at radius 3 is 2.85 bits per heavy atom. The maximum absolute atomic E-state index is 5.42. The van der Waals surface area contributed by atoms with Crippen LogP contribution in [0.15, 0.2) is 4.99 Å². The Balaban J connectivity index is 0.00000261. The van der Waals surface area contributed by atoms with Gasteiger partial charge >= 0.3 is 0 Å². The fourth-order valence-electron chi connectivity index (χ4n) is 3.58. The molecule has 1 aromatic rings.